The Morgan fingerprint density at radius 3 is 2.95 bits per heavy atom. The Morgan fingerprint density at radius 2 is 2.11 bits per heavy atom. The van der Waals surface area contributed by atoms with Crippen molar-refractivity contribution in [1.82, 2.24) is 9.97 Å². The van der Waals surface area contributed by atoms with Crippen LogP contribution >= 0.6 is 15.9 Å². The van der Waals surface area contributed by atoms with E-state index < -0.39 is 0 Å². The molecular weight excluding hydrogens is 302 g/mol. The molecule has 0 saturated carbocycles. The molecule has 3 nitrogen and oxygen atoms in total. The lowest BCUT2D eigenvalue weighted by molar-refractivity contribution is 1.10. The number of hydrogen-bond acceptors (Lipinski definition) is 2. The zero-order valence-corrected chi connectivity index (χ0v) is 12.2. The van der Waals surface area contributed by atoms with Crippen molar-refractivity contribution in [2.24, 2.45) is 0 Å². The van der Waals surface area contributed by atoms with E-state index in [-0.39, 0.29) is 0 Å². The van der Waals surface area contributed by atoms with E-state index in [9.17, 15) is 0 Å². The number of fused-ring (bicyclic) bond motifs is 1. The van der Waals surface area contributed by atoms with Crippen LogP contribution in [0.25, 0.3) is 10.9 Å². The maximum atomic E-state index is 4.38. The van der Waals surface area contributed by atoms with E-state index in [0.717, 1.165) is 22.5 Å². The van der Waals surface area contributed by atoms with E-state index in [4.69, 9.17) is 0 Å². The molecule has 0 saturated heterocycles. The van der Waals surface area contributed by atoms with Crippen molar-refractivity contribution in [3.63, 3.8) is 0 Å². The smallest absolute Gasteiger partial charge is 0.106 e. The van der Waals surface area contributed by atoms with Crippen LogP contribution in [0.4, 0.5) is 5.69 Å². The summed E-state index contributed by atoms with van der Waals surface area (Å²) in [6.45, 7) is 2.80. The third-order valence-electron chi connectivity index (χ3n) is 3.15. The van der Waals surface area contributed by atoms with Crippen molar-refractivity contribution in [1.29, 1.82) is 0 Å². The lowest BCUT2D eigenvalue weighted by Gasteiger charge is -2.09. The number of nitrogens with zero attached hydrogens (tertiary/aromatic N) is 1. The van der Waals surface area contributed by atoms with E-state index in [2.05, 4.69) is 55.5 Å². The molecule has 2 N–H and O–H groups in total. The summed E-state index contributed by atoms with van der Waals surface area (Å²) in [4.78, 5) is 7.58. The Bertz CT molecular complexity index is 718. The predicted molar refractivity (Wildman–Crippen MR) is 82.3 cm³/mol. The molecule has 0 aliphatic rings. The molecule has 3 aromatic rings. The fourth-order valence-corrected chi connectivity index (χ4v) is 2.53. The molecule has 19 heavy (non-hydrogen) atoms. The number of aromatic amines is 1. The molecule has 96 valence electrons. The maximum absolute atomic E-state index is 4.38. The number of hydrogen-bond donors (Lipinski definition) is 2. The first-order chi connectivity index (χ1) is 9.22. The Balaban J connectivity index is 1.77. The number of benzene rings is 1. The molecule has 4 heteroatoms. The molecule has 0 atom stereocenters. The second-order valence-corrected chi connectivity index (χ2v) is 5.33. The highest BCUT2D eigenvalue weighted by Crippen LogP contribution is 2.19. The van der Waals surface area contributed by atoms with Gasteiger partial charge in [-0.1, -0.05) is 6.07 Å². The van der Waals surface area contributed by atoms with Gasteiger partial charge >= 0.3 is 0 Å². The highest BCUT2D eigenvalue weighted by Gasteiger charge is 2.01. The number of rotatable bonds is 3. The van der Waals surface area contributed by atoms with Crippen LogP contribution in [0.1, 0.15) is 11.3 Å². The summed E-state index contributed by atoms with van der Waals surface area (Å²) in [5.41, 5.74) is 4.49. The summed E-state index contributed by atoms with van der Waals surface area (Å²) < 4.78 is 0.865. The second kappa shape index (κ2) is 5.05. The van der Waals surface area contributed by atoms with Crippen LogP contribution in [0.5, 0.6) is 0 Å². The summed E-state index contributed by atoms with van der Waals surface area (Å²) in [5.74, 6) is 0. The van der Waals surface area contributed by atoms with Gasteiger partial charge in [-0.25, -0.2) is 4.98 Å². The molecule has 0 unspecified atom stereocenters. The molecule has 0 bridgehead atoms. The standard InChI is InChI=1S/C15H14BrN3/c1-10-13(4-5-15(16)19-10)18-9-11-2-3-14-12(8-11)6-7-17-14/h2-8,17-18H,9H2,1H3. The number of halogens is 1. The van der Waals surface area contributed by atoms with Crippen LogP contribution in [0, 0.1) is 6.92 Å². The van der Waals surface area contributed by atoms with Gasteiger partial charge in [0.25, 0.3) is 0 Å². The van der Waals surface area contributed by atoms with Gasteiger partial charge in [0.1, 0.15) is 4.60 Å². The average Bonchev–Trinajstić information content (AvgIpc) is 2.85. The molecule has 3 rings (SSSR count). The zero-order chi connectivity index (χ0) is 13.2. The lowest BCUT2D eigenvalue weighted by atomic mass is 10.1. The highest BCUT2D eigenvalue weighted by atomic mass is 79.9. The van der Waals surface area contributed by atoms with E-state index >= 15 is 0 Å². The number of anilines is 1. The van der Waals surface area contributed by atoms with Crippen molar-refractivity contribution in [3.05, 3.63) is 58.5 Å². The third kappa shape index (κ3) is 2.63. The van der Waals surface area contributed by atoms with Gasteiger partial charge in [-0.15, -0.1) is 0 Å². The van der Waals surface area contributed by atoms with Gasteiger partial charge in [-0.2, -0.15) is 0 Å². The molecule has 0 fully saturated rings. The van der Waals surface area contributed by atoms with Crippen LogP contribution in [-0.2, 0) is 6.54 Å². The van der Waals surface area contributed by atoms with Crippen LogP contribution in [0.15, 0.2) is 47.2 Å². The average molecular weight is 316 g/mol. The number of aryl methyl sites for hydroxylation is 1. The molecule has 2 heterocycles. The van der Waals surface area contributed by atoms with Gasteiger partial charge in [0.2, 0.25) is 0 Å². The molecule has 0 spiro atoms. The minimum Gasteiger partial charge on any atom is -0.380 e. The van der Waals surface area contributed by atoms with Crippen LogP contribution < -0.4 is 5.32 Å². The first-order valence-electron chi connectivity index (χ1n) is 6.15. The first-order valence-corrected chi connectivity index (χ1v) is 6.95. The van der Waals surface area contributed by atoms with Gasteiger partial charge in [0, 0.05) is 18.3 Å². The molecular formula is C15H14BrN3. The minimum absolute atomic E-state index is 0.797. The van der Waals surface area contributed by atoms with E-state index in [1.807, 2.05) is 25.3 Å². The summed E-state index contributed by atoms with van der Waals surface area (Å²) in [7, 11) is 0. The maximum Gasteiger partial charge on any atom is 0.106 e. The van der Waals surface area contributed by atoms with Crippen molar-refractivity contribution >= 4 is 32.5 Å². The SMILES string of the molecule is Cc1nc(Br)ccc1NCc1ccc2[nH]ccc2c1. The van der Waals surface area contributed by atoms with Crippen LogP contribution in [-0.4, -0.2) is 9.97 Å². The van der Waals surface area contributed by atoms with Crippen molar-refractivity contribution < 1.29 is 0 Å². The largest absolute Gasteiger partial charge is 0.380 e. The zero-order valence-electron chi connectivity index (χ0n) is 10.6. The number of H-pyrrole nitrogens is 1. The minimum atomic E-state index is 0.797. The fraction of sp³-hybridized carbons (Fsp3) is 0.133. The van der Waals surface area contributed by atoms with Crippen molar-refractivity contribution in [2.75, 3.05) is 5.32 Å². The fourth-order valence-electron chi connectivity index (χ4n) is 2.13. The van der Waals surface area contributed by atoms with Gasteiger partial charge in [-0.05, 0) is 64.1 Å². The molecule has 0 radical (unpaired) electrons. The first kappa shape index (κ1) is 12.2. The number of pyridine rings is 1. The summed E-state index contributed by atoms with van der Waals surface area (Å²) in [5, 5.41) is 4.66. The highest BCUT2D eigenvalue weighted by molar-refractivity contribution is 9.10. The van der Waals surface area contributed by atoms with E-state index in [1.165, 1.54) is 16.5 Å². The van der Waals surface area contributed by atoms with Gasteiger partial charge in [-0.3, -0.25) is 0 Å². The molecule has 1 aromatic carbocycles. The van der Waals surface area contributed by atoms with Gasteiger partial charge < -0.3 is 10.3 Å². The number of nitrogens with one attached hydrogen (secondary N) is 2. The number of aromatic nitrogens is 2. The van der Waals surface area contributed by atoms with Gasteiger partial charge in [0.05, 0.1) is 11.4 Å². The lowest BCUT2D eigenvalue weighted by Crippen LogP contribution is -2.02. The van der Waals surface area contributed by atoms with E-state index in [0.29, 0.717) is 0 Å². The van der Waals surface area contributed by atoms with Crippen LogP contribution in [0.3, 0.4) is 0 Å². The van der Waals surface area contributed by atoms with Crippen molar-refractivity contribution in [2.45, 2.75) is 13.5 Å². The monoisotopic (exact) mass is 315 g/mol. The van der Waals surface area contributed by atoms with Crippen molar-refractivity contribution in [3.8, 4) is 0 Å². The normalized spacial score (nSPS) is 10.8. The quantitative estimate of drug-likeness (QED) is 0.709. The predicted octanol–water partition coefficient (Wildman–Crippen LogP) is 4.25. The van der Waals surface area contributed by atoms with E-state index in [1.54, 1.807) is 0 Å². The molecule has 2 aromatic heterocycles. The van der Waals surface area contributed by atoms with Crippen LogP contribution in [0.2, 0.25) is 0 Å². The molecule has 0 amide bonds. The Morgan fingerprint density at radius 1 is 1.21 bits per heavy atom. The topological polar surface area (TPSA) is 40.7 Å². The second-order valence-electron chi connectivity index (χ2n) is 4.52. The third-order valence-corrected chi connectivity index (χ3v) is 3.59. The summed E-state index contributed by atoms with van der Waals surface area (Å²) >= 11 is 3.37. The Hall–Kier alpha value is -1.81. The summed E-state index contributed by atoms with van der Waals surface area (Å²) in [6.07, 6.45) is 1.96. The Labute approximate surface area is 120 Å². The molecule has 0 aliphatic heterocycles. The van der Waals surface area contributed by atoms with Gasteiger partial charge in [0.15, 0.2) is 0 Å². The molecule has 0 aliphatic carbocycles. The Kier molecular flexibility index (Phi) is 3.25. The summed E-state index contributed by atoms with van der Waals surface area (Å²) in [6, 6.07) is 12.5.